The largest absolute Gasteiger partial charge is 0.465 e. The van der Waals surface area contributed by atoms with E-state index in [0.717, 1.165) is 51.4 Å². The molecule has 0 aliphatic heterocycles. The van der Waals surface area contributed by atoms with E-state index < -0.39 is 6.10 Å². The Bertz CT molecular complexity index is 705. The average molecular weight is 407 g/mol. The van der Waals surface area contributed by atoms with Gasteiger partial charge in [0.2, 0.25) is 0 Å². The normalized spacial score (nSPS) is 51.0. The molecule has 8 atom stereocenters. The van der Waals surface area contributed by atoms with Crippen molar-refractivity contribution in [1.29, 1.82) is 0 Å². The van der Waals surface area contributed by atoms with Gasteiger partial charge in [0.15, 0.2) is 0 Å². The highest BCUT2D eigenvalue weighted by molar-refractivity contribution is 5.66. The van der Waals surface area contributed by atoms with Gasteiger partial charge in [-0.3, -0.25) is 9.59 Å². The number of ether oxygens (including phenoxy) is 2. The van der Waals surface area contributed by atoms with Gasteiger partial charge >= 0.3 is 11.9 Å². The monoisotopic (exact) mass is 406 g/mol. The smallest absolute Gasteiger partial charge is 0.302 e. The number of hydrogen-bond acceptors (Lipinski definition) is 5. The van der Waals surface area contributed by atoms with Gasteiger partial charge in [0.05, 0.1) is 12.7 Å². The maximum absolute atomic E-state index is 12.1. The zero-order chi connectivity index (χ0) is 21.2. The molecular weight excluding hydrogens is 368 g/mol. The molecule has 1 spiro atoms. The van der Waals surface area contributed by atoms with Gasteiger partial charge in [0.25, 0.3) is 0 Å². The van der Waals surface area contributed by atoms with E-state index >= 15 is 0 Å². The van der Waals surface area contributed by atoms with E-state index in [4.69, 9.17) is 9.47 Å². The number of hydrogen-bond donors (Lipinski definition) is 1. The fraction of sp³-hybridized carbons (Fsp3) is 0.917. The Kier molecular flexibility index (Phi) is 4.88. The summed E-state index contributed by atoms with van der Waals surface area (Å²) in [6.07, 6.45) is 7.43. The lowest BCUT2D eigenvalue weighted by molar-refractivity contribution is -0.252. The first-order chi connectivity index (χ1) is 13.5. The van der Waals surface area contributed by atoms with Crippen LogP contribution in [0.5, 0.6) is 0 Å². The van der Waals surface area contributed by atoms with Gasteiger partial charge in [-0.1, -0.05) is 27.2 Å². The Morgan fingerprint density at radius 2 is 1.69 bits per heavy atom. The van der Waals surface area contributed by atoms with Crippen molar-refractivity contribution in [3.63, 3.8) is 0 Å². The summed E-state index contributed by atoms with van der Waals surface area (Å²) in [5.41, 5.74) is -0.448. The van der Waals surface area contributed by atoms with Crippen LogP contribution in [0.25, 0.3) is 0 Å². The lowest BCUT2D eigenvalue weighted by atomic mass is 9.39. The van der Waals surface area contributed by atoms with E-state index in [1.807, 2.05) is 0 Å². The van der Waals surface area contributed by atoms with Gasteiger partial charge in [-0.05, 0) is 67.6 Å². The molecule has 0 aromatic carbocycles. The second kappa shape index (κ2) is 6.70. The molecule has 5 nitrogen and oxygen atoms in total. The van der Waals surface area contributed by atoms with Crippen LogP contribution in [0.1, 0.15) is 86.0 Å². The molecular formula is C24H38O5. The molecule has 4 rings (SSSR count). The summed E-state index contributed by atoms with van der Waals surface area (Å²) in [5.74, 6) is 0.151. The second-order valence-corrected chi connectivity index (χ2v) is 11.4. The summed E-state index contributed by atoms with van der Waals surface area (Å²) in [7, 11) is 0. The molecule has 2 bridgehead atoms. The molecule has 1 unspecified atom stereocenters. The third-order valence-corrected chi connectivity index (χ3v) is 9.81. The Morgan fingerprint density at radius 1 is 0.966 bits per heavy atom. The zero-order valence-electron chi connectivity index (χ0n) is 18.8. The van der Waals surface area contributed by atoms with Crippen molar-refractivity contribution < 1.29 is 24.2 Å². The molecule has 0 aromatic heterocycles. The van der Waals surface area contributed by atoms with Crippen LogP contribution in [0.3, 0.4) is 0 Å². The minimum atomic E-state index is -0.419. The summed E-state index contributed by atoms with van der Waals surface area (Å²) in [6.45, 7) is 10.3. The van der Waals surface area contributed by atoms with Gasteiger partial charge < -0.3 is 14.6 Å². The number of carbonyl (C=O) groups is 2. The Hall–Kier alpha value is -1.10. The maximum Gasteiger partial charge on any atom is 0.302 e. The van der Waals surface area contributed by atoms with Gasteiger partial charge in [-0.25, -0.2) is 0 Å². The van der Waals surface area contributed by atoms with Crippen LogP contribution in [0.4, 0.5) is 0 Å². The van der Waals surface area contributed by atoms with Crippen molar-refractivity contribution in [2.24, 2.45) is 33.5 Å². The molecule has 0 aromatic rings. The molecule has 5 heteroatoms. The van der Waals surface area contributed by atoms with E-state index in [-0.39, 0.29) is 39.7 Å². The molecule has 4 saturated carbocycles. The summed E-state index contributed by atoms with van der Waals surface area (Å²) >= 11 is 0. The Labute approximate surface area is 174 Å². The van der Waals surface area contributed by atoms with E-state index in [1.54, 1.807) is 0 Å². The highest BCUT2D eigenvalue weighted by atomic mass is 16.5. The predicted molar refractivity (Wildman–Crippen MR) is 109 cm³/mol. The zero-order valence-corrected chi connectivity index (χ0v) is 18.8. The number of rotatable bonds is 3. The van der Waals surface area contributed by atoms with Crippen molar-refractivity contribution in [3.8, 4) is 0 Å². The fourth-order valence-corrected chi connectivity index (χ4v) is 8.52. The van der Waals surface area contributed by atoms with Crippen LogP contribution in [0.2, 0.25) is 0 Å². The number of aliphatic hydroxyl groups excluding tert-OH is 1. The molecule has 0 saturated heterocycles. The number of fused-ring (bicyclic) bond motifs is 3. The van der Waals surface area contributed by atoms with E-state index in [9.17, 15) is 14.7 Å². The quantitative estimate of drug-likeness (QED) is 0.709. The van der Waals surface area contributed by atoms with E-state index in [0.29, 0.717) is 18.4 Å². The molecule has 1 N–H and O–H groups in total. The second-order valence-electron chi connectivity index (χ2n) is 11.4. The minimum Gasteiger partial charge on any atom is -0.465 e. The summed E-state index contributed by atoms with van der Waals surface area (Å²) in [6, 6.07) is 0. The summed E-state index contributed by atoms with van der Waals surface area (Å²) in [5, 5.41) is 11.6. The first-order valence-electron chi connectivity index (χ1n) is 11.5. The molecule has 4 aliphatic rings. The van der Waals surface area contributed by atoms with Crippen LogP contribution < -0.4 is 0 Å². The number of esters is 2. The topological polar surface area (TPSA) is 72.8 Å². The average Bonchev–Trinajstić information content (AvgIpc) is 2.78. The van der Waals surface area contributed by atoms with Crippen LogP contribution in [-0.2, 0) is 19.1 Å². The van der Waals surface area contributed by atoms with Crippen LogP contribution in [0.15, 0.2) is 0 Å². The molecule has 164 valence electrons. The van der Waals surface area contributed by atoms with Crippen molar-refractivity contribution in [2.75, 3.05) is 6.61 Å². The summed E-state index contributed by atoms with van der Waals surface area (Å²) < 4.78 is 11.5. The van der Waals surface area contributed by atoms with Crippen LogP contribution in [-0.4, -0.2) is 35.9 Å². The molecule has 4 fully saturated rings. The van der Waals surface area contributed by atoms with Gasteiger partial charge in [-0.2, -0.15) is 0 Å². The first-order valence-corrected chi connectivity index (χ1v) is 11.5. The Morgan fingerprint density at radius 3 is 2.34 bits per heavy atom. The highest BCUT2D eigenvalue weighted by Gasteiger charge is 2.72. The number of aliphatic hydroxyl groups is 1. The predicted octanol–water partition coefficient (Wildman–Crippen LogP) is 4.26. The van der Waals surface area contributed by atoms with Gasteiger partial charge in [0.1, 0.15) is 6.10 Å². The van der Waals surface area contributed by atoms with Crippen LogP contribution in [0, 0.1) is 33.5 Å². The van der Waals surface area contributed by atoms with Crippen molar-refractivity contribution >= 4 is 11.9 Å². The van der Waals surface area contributed by atoms with Crippen molar-refractivity contribution in [3.05, 3.63) is 0 Å². The Balaban J connectivity index is 1.77. The van der Waals surface area contributed by atoms with Gasteiger partial charge in [-0.15, -0.1) is 0 Å². The lowest BCUT2D eigenvalue weighted by Crippen LogP contribution is -2.67. The molecule has 0 radical (unpaired) electrons. The maximum atomic E-state index is 12.1. The van der Waals surface area contributed by atoms with Gasteiger partial charge in [0, 0.05) is 24.7 Å². The highest BCUT2D eigenvalue weighted by Crippen LogP contribution is 2.74. The standard InChI is InChI=1S/C24H38O5/c1-15(25)28-14-22(4)8-6-9-23(5)17-7-10-21(3)11-12-24(17,20(21)27)19(13-18(22)23)29-16(2)26/h17-20,27H,6-14H2,1-5H3/t17-,18+,19-,20?,21+,22+,23-,24+/m0/s1. The third-order valence-electron chi connectivity index (χ3n) is 9.81. The van der Waals surface area contributed by atoms with E-state index in [2.05, 4.69) is 20.8 Å². The van der Waals surface area contributed by atoms with Crippen molar-refractivity contribution in [2.45, 2.75) is 98.2 Å². The third kappa shape index (κ3) is 2.90. The fourth-order valence-electron chi connectivity index (χ4n) is 8.52. The number of carbonyl (C=O) groups excluding carboxylic acids is 2. The lowest BCUT2D eigenvalue weighted by Gasteiger charge is -2.67. The van der Waals surface area contributed by atoms with Crippen molar-refractivity contribution in [1.82, 2.24) is 0 Å². The molecule has 0 heterocycles. The molecule has 0 amide bonds. The first kappa shape index (κ1) is 21.1. The molecule has 4 aliphatic carbocycles. The SMILES string of the molecule is CC(=O)OC[C@@]1(C)CCC[C@]2(C)[C@@H]1C[C@H](OC(C)=O)[C@@]13CC[C@@](C)(CC[C@@H]21)C3O. The minimum absolute atomic E-state index is 0.0617. The van der Waals surface area contributed by atoms with Crippen LogP contribution >= 0.6 is 0 Å². The summed E-state index contributed by atoms with van der Waals surface area (Å²) in [4.78, 5) is 23.7. The van der Waals surface area contributed by atoms with E-state index in [1.165, 1.54) is 13.8 Å². The molecule has 29 heavy (non-hydrogen) atoms.